The lowest BCUT2D eigenvalue weighted by atomic mass is 10.00. The molecule has 0 saturated carbocycles. The monoisotopic (exact) mass is 206 g/mol. The Bertz CT molecular complexity index is 242. The molecule has 2 aliphatic rings. The highest BCUT2D eigenvalue weighted by Gasteiger charge is 2.53. The summed E-state index contributed by atoms with van der Waals surface area (Å²) >= 11 is 0. The fraction of sp³-hybridized carbons (Fsp3) is 0.857. The fourth-order valence-electron chi connectivity index (χ4n) is 1.57. The smallest absolute Gasteiger partial charge is 0.424 e. The molecule has 7 heteroatoms. The van der Waals surface area contributed by atoms with Crippen molar-refractivity contribution in [1.82, 2.24) is 0 Å². The van der Waals surface area contributed by atoms with Crippen LogP contribution in [0.1, 0.15) is 0 Å². The number of hydrogen-bond donors (Lipinski definition) is 3. The Hall–Kier alpha value is -0.890. The average Bonchev–Trinajstić information content (AvgIpc) is 2.54. The molecule has 0 aliphatic carbocycles. The van der Waals surface area contributed by atoms with Crippen molar-refractivity contribution in [3.63, 3.8) is 0 Å². The molecule has 2 aliphatic heterocycles. The number of fused-ring (bicyclic) bond motifs is 1. The lowest BCUT2D eigenvalue weighted by molar-refractivity contribution is -0.261. The van der Waals surface area contributed by atoms with Crippen LogP contribution >= 0.6 is 0 Å². The maximum Gasteiger partial charge on any atom is 0.509 e. The molecule has 2 rings (SSSR count). The topological polar surface area (TPSA) is 105 Å². The number of aliphatic hydroxyl groups excluding tert-OH is 3. The number of ether oxygens (including phenoxy) is 3. The van der Waals surface area contributed by atoms with Crippen LogP contribution in [0.5, 0.6) is 0 Å². The fourth-order valence-corrected chi connectivity index (χ4v) is 1.57. The van der Waals surface area contributed by atoms with Gasteiger partial charge >= 0.3 is 6.16 Å². The van der Waals surface area contributed by atoms with Crippen LogP contribution in [0.4, 0.5) is 4.79 Å². The third-order valence-corrected chi connectivity index (χ3v) is 2.28. The summed E-state index contributed by atoms with van der Waals surface area (Å²) in [7, 11) is 0. The molecule has 2 unspecified atom stereocenters. The average molecular weight is 206 g/mol. The van der Waals surface area contributed by atoms with Crippen LogP contribution in [-0.2, 0) is 14.2 Å². The van der Waals surface area contributed by atoms with Gasteiger partial charge in [0.05, 0.1) is 6.61 Å². The van der Waals surface area contributed by atoms with E-state index < -0.39 is 43.5 Å². The summed E-state index contributed by atoms with van der Waals surface area (Å²) in [5.41, 5.74) is 0. The van der Waals surface area contributed by atoms with Crippen molar-refractivity contribution in [3.05, 3.63) is 0 Å². The van der Waals surface area contributed by atoms with E-state index in [1.54, 1.807) is 0 Å². The first kappa shape index (κ1) is 9.66. The van der Waals surface area contributed by atoms with Gasteiger partial charge in [-0.25, -0.2) is 4.79 Å². The minimum absolute atomic E-state index is 0.473. The molecule has 0 amide bonds. The molecule has 0 radical (unpaired) electrons. The zero-order valence-corrected chi connectivity index (χ0v) is 7.07. The van der Waals surface area contributed by atoms with Crippen molar-refractivity contribution in [2.45, 2.75) is 30.7 Å². The molecule has 0 aromatic rings. The Balaban J connectivity index is 2.15. The van der Waals surface area contributed by atoms with E-state index in [0.29, 0.717) is 0 Å². The molecule has 3 N–H and O–H groups in total. The lowest BCUT2D eigenvalue weighted by Gasteiger charge is -2.35. The molecule has 0 bridgehead atoms. The van der Waals surface area contributed by atoms with Crippen molar-refractivity contribution in [2.24, 2.45) is 0 Å². The van der Waals surface area contributed by atoms with E-state index in [9.17, 15) is 15.0 Å². The van der Waals surface area contributed by atoms with Crippen LogP contribution in [0, 0.1) is 0 Å². The molecule has 0 spiro atoms. The van der Waals surface area contributed by atoms with Gasteiger partial charge < -0.3 is 29.5 Å². The van der Waals surface area contributed by atoms with Crippen LogP contribution in [0.3, 0.4) is 0 Å². The Labute approximate surface area is 78.8 Å². The molecular formula is C7H10O7. The van der Waals surface area contributed by atoms with Crippen molar-refractivity contribution in [2.75, 3.05) is 6.61 Å². The van der Waals surface area contributed by atoms with Gasteiger partial charge in [0.1, 0.15) is 12.2 Å². The van der Waals surface area contributed by atoms with Crippen LogP contribution in [0.15, 0.2) is 0 Å². The van der Waals surface area contributed by atoms with Gasteiger partial charge in [-0.15, -0.1) is 0 Å². The lowest BCUT2D eigenvalue weighted by Crippen LogP contribution is -2.57. The second kappa shape index (κ2) is 3.35. The summed E-state index contributed by atoms with van der Waals surface area (Å²) in [5.74, 6) is 0. The third kappa shape index (κ3) is 1.34. The zero-order valence-electron chi connectivity index (χ0n) is 7.07. The number of carbonyl (C=O) groups is 1. The van der Waals surface area contributed by atoms with Gasteiger partial charge in [0.2, 0.25) is 0 Å². The standard InChI is InChI=1S/C7H10O7/c8-1-2-3(9)4-5(6(10)12-2)14-7(11)13-4/h2-6,8-10H,1H2/t2?,3-,4?,5-,6+/m0/s1. The van der Waals surface area contributed by atoms with Gasteiger partial charge in [-0.3, -0.25) is 0 Å². The second-order valence-electron chi connectivity index (χ2n) is 3.15. The summed E-state index contributed by atoms with van der Waals surface area (Å²) in [5, 5.41) is 27.6. The largest absolute Gasteiger partial charge is 0.509 e. The normalized spacial score (nSPS) is 46.8. The predicted octanol–water partition coefficient (Wildman–Crippen LogP) is -2.04. The first-order chi connectivity index (χ1) is 6.63. The Morgan fingerprint density at radius 2 is 1.86 bits per heavy atom. The zero-order chi connectivity index (χ0) is 10.3. The number of aliphatic hydroxyl groups is 3. The summed E-state index contributed by atoms with van der Waals surface area (Å²) < 4.78 is 14.0. The Morgan fingerprint density at radius 1 is 1.21 bits per heavy atom. The molecule has 80 valence electrons. The SMILES string of the molecule is O=C1OC2[C@@H](O)C(CO)O[C@@H](O)[C@H]2O1. The predicted molar refractivity (Wildman–Crippen MR) is 39.1 cm³/mol. The number of carbonyl (C=O) groups excluding carboxylic acids is 1. The van der Waals surface area contributed by atoms with E-state index in [0.717, 1.165) is 0 Å². The van der Waals surface area contributed by atoms with Gasteiger partial charge in [0, 0.05) is 0 Å². The maximum atomic E-state index is 10.7. The molecule has 2 saturated heterocycles. The van der Waals surface area contributed by atoms with Crippen molar-refractivity contribution in [3.8, 4) is 0 Å². The van der Waals surface area contributed by atoms with E-state index in [1.807, 2.05) is 0 Å². The quantitative estimate of drug-likeness (QED) is 0.424. The second-order valence-corrected chi connectivity index (χ2v) is 3.15. The molecule has 2 heterocycles. The first-order valence-corrected chi connectivity index (χ1v) is 4.13. The van der Waals surface area contributed by atoms with E-state index in [1.165, 1.54) is 0 Å². The molecule has 0 aromatic heterocycles. The van der Waals surface area contributed by atoms with E-state index >= 15 is 0 Å². The molecule has 2 fully saturated rings. The molecule has 0 aromatic carbocycles. The molecular weight excluding hydrogens is 196 g/mol. The van der Waals surface area contributed by atoms with Gasteiger partial charge in [-0.05, 0) is 0 Å². The van der Waals surface area contributed by atoms with E-state index in [-0.39, 0.29) is 0 Å². The summed E-state index contributed by atoms with van der Waals surface area (Å²) in [6.45, 7) is -0.473. The van der Waals surface area contributed by atoms with Gasteiger partial charge in [0.25, 0.3) is 0 Å². The van der Waals surface area contributed by atoms with Gasteiger partial charge in [0.15, 0.2) is 18.5 Å². The summed E-state index contributed by atoms with van der Waals surface area (Å²) in [4.78, 5) is 10.7. The maximum absolute atomic E-state index is 10.7. The van der Waals surface area contributed by atoms with Gasteiger partial charge in [-0.2, -0.15) is 0 Å². The molecule has 5 atom stereocenters. The van der Waals surface area contributed by atoms with Crippen molar-refractivity contribution < 1.29 is 34.3 Å². The van der Waals surface area contributed by atoms with Gasteiger partial charge in [-0.1, -0.05) is 0 Å². The van der Waals surface area contributed by atoms with E-state index in [2.05, 4.69) is 9.47 Å². The first-order valence-electron chi connectivity index (χ1n) is 4.13. The number of hydrogen-bond acceptors (Lipinski definition) is 7. The summed E-state index contributed by atoms with van der Waals surface area (Å²) in [6.07, 6.45) is -6.52. The highest BCUT2D eigenvalue weighted by atomic mass is 16.8. The minimum Gasteiger partial charge on any atom is -0.424 e. The van der Waals surface area contributed by atoms with Crippen LogP contribution < -0.4 is 0 Å². The van der Waals surface area contributed by atoms with Crippen molar-refractivity contribution >= 4 is 6.16 Å². The highest BCUT2D eigenvalue weighted by Crippen LogP contribution is 2.29. The molecule has 7 nitrogen and oxygen atoms in total. The Kier molecular flexibility index (Phi) is 2.31. The van der Waals surface area contributed by atoms with Crippen LogP contribution in [0.25, 0.3) is 0 Å². The summed E-state index contributed by atoms with van der Waals surface area (Å²) in [6, 6.07) is 0. The minimum atomic E-state index is -1.38. The highest BCUT2D eigenvalue weighted by molar-refractivity contribution is 5.62. The van der Waals surface area contributed by atoms with Crippen LogP contribution in [-0.4, -0.2) is 58.8 Å². The number of rotatable bonds is 1. The van der Waals surface area contributed by atoms with Crippen molar-refractivity contribution in [1.29, 1.82) is 0 Å². The third-order valence-electron chi connectivity index (χ3n) is 2.28. The molecule has 14 heavy (non-hydrogen) atoms. The Morgan fingerprint density at radius 3 is 2.50 bits per heavy atom. The van der Waals surface area contributed by atoms with E-state index in [4.69, 9.17) is 9.84 Å². The van der Waals surface area contributed by atoms with Crippen LogP contribution in [0.2, 0.25) is 0 Å².